The molecule has 22 heteroatoms. The summed E-state index contributed by atoms with van der Waals surface area (Å²) < 4.78 is 35.4. The fourth-order valence-electron chi connectivity index (χ4n) is 29.3. The highest BCUT2D eigenvalue weighted by Crippen LogP contribution is 2.68. The number of carbonyl (C=O) groups excluding carboxylic acids is 6. The van der Waals surface area contributed by atoms with E-state index in [1.165, 1.54) is 19.3 Å². The smallest absolute Gasteiger partial charge is 0.312 e. The third kappa shape index (κ3) is 18.9. The molecule has 0 aliphatic heterocycles. The van der Waals surface area contributed by atoms with Gasteiger partial charge < -0.3 is 79.5 Å². The van der Waals surface area contributed by atoms with E-state index in [1.807, 2.05) is 111 Å². The Bertz CT molecular complexity index is 3590. The molecule has 666 valence electrons. The van der Waals surface area contributed by atoms with E-state index in [1.54, 1.807) is 0 Å². The number of hydrogen-bond donors (Lipinski definition) is 10. The monoisotopic (exact) mass is 1650 g/mol. The predicted molar refractivity (Wildman–Crippen MR) is 436 cm³/mol. The number of hydrogen-bond acceptors (Lipinski definition) is 22. The zero-order valence-corrected chi connectivity index (χ0v) is 74.6. The van der Waals surface area contributed by atoms with Crippen molar-refractivity contribution in [2.24, 2.45) is 86.3 Å². The largest absolute Gasteiger partial charge is 0.459 e. The van der Waals surface area contributed by atoms with Crippen LogP contribution in [0.5, 0.6) is 0 Å². The van der Waals surface area contributed by atoms with Crippen molar-refractivity contribution < 1.29 is 108 Å². The van der Waals surface area contributed by atoms with Gasteiger partial charge in [0.1, 0.15) is 33.6 Å². The lowest BCUT2D eigenvalue weighted by Gasteiger charge is -2.65. The van der Waals surface area contributed by atoms with Gasteiger partial charge in [-0.2, -0.15) is 0 Å². The van der Waals surface area contributed by atoms with Crippen LogP contribution in [0, 0.1) is 86.3 Å². The molecule has 24 aliphatic rings. The number of rotatable bonds is 19. The molecule has 0 aromatic heterocycles. The molecule has 22 nitrogen and oxygen atoms in total. The summed E-state index contributed by atoms with van der Waals surface area (Å²) in [5.41, 5.74) is -12.9. The number of carbonyl (C=O) groups is 6. The van der Waals surface area contributed by atoms with E-state index in [9.17, 15) is 79.8 Å². The van der Waals surface area contributed by atoms with Gasteiger partial charge in [0.2, 0.25) is 0 Å². The minimum atomic E-state index is -1.13. The molecule has 0 heterocycles. The van der Waals surface area contributed by atoms with Crippen molar-refractivity contribution in [2.45, 2.75) is 464 Å². The Morgan fingerprint density at radius 1 is 0.274 bits per heavy atom. The molecule has 24 fully saturated rings. The Labute approximate surface area is 698 Å². The highest BCUT2D eigenvalue weighted by atomic mass is 16.6. The minimum Gasteiger partial charge on any atom is -0.459 e. The van der Waals surface area contributed by atoms with E-state index >= 15 is 0 Å². The van der Waals surface area contributed by atoms with Crippen molar-refractivity contribution in [3.8, 4) is 0 Å². The van der Waals surface area contributed by atoms with Gasteiger partial charge in [-0.3, -0.25) is 28.8 Å². The average Bonchev–Trinajstić information content (AvgIpc) is 0.679. The molecule has 12 atom stereocenters. The summed E-state index contributed by atoms with van der Waals surface area (Å²) in [4.78, 5) is 73.8. The SMILES string of the molecule is CCC(C)(C)C(=O)OC12CC3(O)CC(O)(CC(O)(C3)C1)C2.CCC(C)(C)C(=O)OC12CC3CC(CC(CO)(C3)C1)C2.CCC(C)(C)C(=O)OC12CC3CC(CC(O)(C3)C1)C2.CCC(C)(C)C(=O)OC12CC3CC(O)(CC(O)(C3)C1)C2.CCC(C)C(=O)OC12CC3CC(CC(O)(C3)C1)C2.CCC(C)C(=O)OC12CC3CC(O)(CC(O)(C3)C1)C2. The zero-order valence-electron chi connectivity index (χ0n) is 74.6. The second-order valence-corrected chi connectivity index (χ2v) is 47.7. The maximum Gasteiger partial charge on any atom is 0.312 e. The molecule has 10 N–H and O–H groups in total. The van der Waals surface area contributed by atoms with Crippen molar-refractivity contribution in [3.63, 3.8) is 0 Å². The Morgan fingerprint density at radius 2 is 0.487 bits per heavy atom. The molecule has 0 saturated heterocycles. The molecule has 12 unspecified atom stereocenters. The third-order valence-electron chi connectivity index (χ3n) is 33.9. The van der Waals surface area contributed by atoms with Gasteiger partial charge in [-0.25, -0.2) is 0 Å². The lowest BCUT2D eigenvalue weighted by Crippen LogP contribution is -2.72. The molecule has 0 amide bonds. The lowest BCUT2D eigenvalue weighted by molar-refractivity contribution is -0.303. The van der Waals surface area contributed by atoms with E-state index in [0.717, 1.165) is 154 Å². The van der Waals surface area contributed by atoms with Gasteiger partial charge in [0.15, 0.2) is 0 Å². The van der Waals surface area contributed by atoms with Gasteiger partial charge in [-0.15, -0.1) is 0 Å². The Kier molecular flexibility index (Phi) is 23.9. The highest BCUT2D eigenvalue weighted by molar-refractivity contribution is 5.78. The van der Waals surface area contributed by atoms with Gasteiger partial charge in [-0.1, -0.05) is 55.4 Å². The van der Waals surface area contributed by atoms with Crippen molar-refractivity contribution in [2.75, 3.05) is 6.61 Å². The maximum absolute atomic E-state index is 12.5. The van der Waals surface area contributed by atoms with Gasteiger partial charge >= 0.3 is 35.8 Å². The molecule has 24 aliphatic carbocycles. The first kappa shape index (κ1) is 91.1. The third-order valence-corrected chi connectivity index (χ3v) is 33.9. The van der Waals surface area contributed by atoms with E-state index in [4.69, 9.17) is 28.4 Å². The van der Waals surface area contributed by atoms with Crippen LogP contribution in [0.1, 0.15) is 380 Å². The second kappa shape index (κ2) is 30.6. The summed E-state index contributed by atoms with van der Waals surface area (Å²) in [5, 5.41) is 106. The molecule has 0 radical (unpaired) electrons. The van der Waals surface area contributed by atoms with Crippen LogP contribution in [-0.2, 0) is 57.2 Å². The van der Waals surface area contributed by atoms with Crippen molar-refractivity contribution >= 4 is 35.8 Å². The first-order chi connectivity index (χ1) is 53.8. The van der Waals surface area contributed by atoms with Gasteiger partial charge in [0.25, 0.3) is 0 Å². The predicted octanol–water partition coefficient (Wildman–Crippen LogP) is 14.2. The van der Waals surface area contributed by atoms with Gasteiger partial charge in [0.05, 0.1) is 83.9 Å². The molecular weight excluding hydrogens is 1490 g/mol. The minimum absolute atomic E-state index is 0.0207. The van der Waals surface area contributed by atoms with E-state index in [-0.39, 0.29) is 108 Å². The molecule has 0 spiro atoms. The number of esters is 6. The van der Waals surface area contributed by atoms with E-state index < -0.39 is 88.9 Å². The van der Waals surface area contributed by atoms with Crippen LogP contribution >= 0.6 is 0 Å². The van der Waals surface area contributed by atoms with Gasteiger partial charge in [0, 0.05) is 96.5 Å². The molecule has 24 bridgehead atoms. The van der Waals surface area contributed by atoms with Crippen molar-refractivity contribution in [1.29, 1.82) is 0 Å². The summed E-state index contributed by atoms with van der Waals surface area (Å²) in [7, 11) is 0. The zero-order chi connectivity index (χ0) is 85.9. The number of ether oxygens (including phenoxy) is 6. The molecular formula is C95H154O22. The highest BCUT2D eigenvalue weighted by Gasteiger charge is 2.72. The van der Waals surface area contributed by atoms with Crippen molar-refractivity contribution in [3.05, 3.63) is 0 Å². The van der Waals surface area contributed by atoms with E-state index in [0.29, 0.717) is 113 Å². The van der Waals surface area contributed by atoms with Crippen LogP contribution in [0.4, 0.5) is 0 Å². The number of aliphatic hydroxyl groups is 10. The topological polar surface area (TPSA) is 360 Å². The quantitative estimate of drug-likeness (QED) is 0.0424. The summed E-state index contributed by atoms with van der Waals surface area (Å²) in [6.45, 7) is 31.3. The van der Waals surface area contributed by atoms with Crippen LogP contribution in [0.2, 0.25) is 0 Å². The standard InChI is InChI=1S/C17H28O3.C16H26O5.C16H26O4.C16H26O3.C15H24O4.C15H24O3/c1-4-15(2,3)14(19)20-17-8-12-5-13(9-17)7-16(6-12,10-17)11-18;1-4-12(2,3)11(17)21-16-8-13(18)5-14(19,9-16)7-15(20,6-13)10-16;1-4-13(2,3)12(17)20-16-7-11-5-14(18,9-16)8-15(19,6-11)10-16;1-4-14(2,3)13(17)19-16-8-11-5-12(9-16)7-15(18,6-11)10-16;1-3-10(2)12(16)19-15-6-11-4-13(17,8-15)7-14(18,5-11)9-15;1-3-10(2)13(16)18-15-7-11-4-12(8-15)6-14(17,5-11)9-15/h12-13,18H,4-11H2,1-3H3;18-20H,4-10H2,1-3H3;11,18-19H,4-10H2,1-3H3;11-12,18H,4-10H2,1-3H3;10-11,17-18H,3-9H2,1-2H3;10-12,17H,3-9H2,1-2H3. The molecule has 0 aromatic carbocycles. The second-order valence-electron chi connectivity index (χ2n) is 47.7. The molecule has 117 heavy (non-hydrogen) atoms. The van der Waals surface area contributed by atoms with Crippen LogP contribution in [0.15, 0.2) is 0 Å². The first-order valence-electron chi connectivity index (χ1n) is 46.3. The van der Waals surface area contributed by atoms with Crippen LogP contribution in [0.3, 0.4) is 0 Å². The van der Waals surface area contributed by atoms with E-state index in [2.05, 4.69) is 0 Å². The van der Waals surface area contributed by atoms with Crippen molar-refractivity contribution in [1.82, 2.24) is 0 Å². The fourth-order valence-corrected chi connectivity index (χ4v) is 29.3. The Hall–Kier alpha value is -3.58. The first-order valence-corrected chi connectivity index (χ1v) is 46.3. The fraction of sp³-hybridized carbons (Fsp3) is 0.937. The summed E-state index contributed by atoms with van der Waals surface area (Å²) in [6.07, 6.45) is 31.6. The van der Waals surface area contributed by atoms with Crippen LogP contribution < -0.4 is 0 Å². The average molecular weight is 1650 g/mol. The summed E-state index contributed by atoms with van der Waals surface area (Å²) in [6, 6.07) is 0. The number of aliphatic hydroxyl groups excluding tert-OH is 1. The van der Waals surface area contributed by atoms with Crippen LogP contribution in [0.25, 0.3) is 0 Å². The molecule has 0 aromatic rings. The normalized spacial score (nSPS) is 46.4. The maximum atomic E-state index is 12.5. The van der Waals surface area contributed by atoms with Crippen LogP contribution in [-0.4, -0.2) is 178 Å². The summed E-state index contributed by atoms with van der Waals surface area (Å²) >= 11 is 0. The van der Waals surface area contributed by atoms with Gasteiger partial charge in [-0.05, 0) is 288 Å². The molecule has 24 rings (SSSR count). The Morgan fingerprint density at radius 3 is 0.761 bits per heavy atom. The molecule has 24 saturated carbocycles. The Balaban J connectivity index is 0.000000122. The summed E-state index contributed by atoms with van der Waals surface area (Å²) in [5.74, 6) is 3.10. The lowest BCUT2D eigenvalue weighted by atomic mass is 9.48.